The molecule has 0 amide bonds. The van der Waals surface area contributed by atoms with Gasteiger partial charge in [-0.15, -0.1) is 0 Å². The summed E-state index contributed by atoms with van der Waals surface area (Å²) in [5, 5.41) is 13.2. The number of aromatic nitrogens is 2. The van der Waals surface area contributed by atoms with Crippen LogP contribution in [0.2, 0.25) is 0 Å². The lowest BCUT2D eigenvalue weighted by Gasteiger charge is -2.33. The van der Waals surface area contributed by atoms with Gasteiger partial charge in [-0.3, -0.25) is 4.68 Å². The Balaban J connectivity index is 2.31. The number of hydrogen-bond donors (Lipinski definition) is 1. The highest BCUT2D eigenvalue weighted by molar-refractivity contribution is 5.87. The van der Waals surface area contributed by atoms with Crippen molar-refractivity contribution in [3.05, 3.63) is 17.3 Å². The molecule has 2 heterocycles. The van der Waals surface area contributed by atoms with Crippen molar-refractivity contribution < 1.29 is 14.6 Å². The van der Waals surface area contributed by atoms with Gasteiger partial charge in [0.05, 0.1) is 5.69 Å². The maximum Gasteiger partial charge on any atom is 0.328 e. The highest BCUT2D eigenvalue weighted by Gasteiger charge is 2.23. The SMILES string of the molecule is Cc1nn(C)c(N(C)C2CCOCC2)c1/C=C/C(=O)O. The van der Waals surface area contributed by atoms with E-state index >= 15 is 0 Å². The molecule has 1 N–H and O–H groups in total. The van der Waals surface area contributed by atoms with E-state index in [-0.39, 0.29) is 0 Å². The zero-order chi connectivity index (χ0) is 14.7. The van der Waals surface area contributed by atoms with Crippen molar-refractivity contribution in [2.45, 2.75) is 25.8 Å². The Bertz CT molecular complexity index is 516. The van der Waals surface area contributed by atoms with Crippen molar-refractivity contribution >= 4 is 17.9 Å². The van der Waals surface area contributed by atoms with Crippen LogP contribution in [-0.2, 0) is 16.6 Å². The molecular formula is C14H21N3O3. The molecule has 6 nitrogen and oxygen atoms in total. The monoisotopic (exact) mass is 279 g/mol. The first-order valence-corrected chi connectivity index (χ1v) is 6.76. The zero-order valence-corrected chi connectivity index (χ0v) is 12.2. The number of anilines is 1. The maximum absolute atomic E-state index is 10.7. The number of aliphatic carboxylic acids is 1. The van der Waals surface area contributed by atoms with Crippen LogP contribution in [0.15, 0.2) is 6.08 Å². The van der Waals surface area contributed by atoms with E-state index in [4.69, 9.17) is 9.84 Å². The summed E-state index contributed by atoms with van der Waals surface area (Å²) in [5.41, 5.74) is 1.70. The largest absolute Gasteiger partial charge is 0.478 e. The summed E-state index contributed by atoms with van der Waals surface area (Å²) in [6.07, 6.45) is 4.73. The fraction of sp³-hybridized carbons (Fsp3) is 0.571. The van der Waals surface area contributed by atoms with Crippen molar-refractivity contribution in [3.63, 3.8) is 0 Å². The molecule has 6 heteroatoms. The van der Waals surface area contributed by atoms with Crippen molar-refractivity contribution in [1.82, 2.24) is 9.78 Å². The molecule has 0 radical (unpaired) electrons. The molecule has 0 bridgehead atoms. The Labute approximate surface area is 118 Å². The minimum absolute atomic E-state index is 0.399. The number of hydrogen-bond acceptors (Lipinski definition) is 4. The topological polar surface area (TPSA) is 67.6 Å². The first-order chi connectivity index (χ1) is 9.50. The fourth-order valence-corrected chi connectivity index (χ4v) is 2.68. The van der Waals surface area contributed by atoms with Gasteiger partial charge in [-0.1, -0.05) is 0 Å². The predicted octanol–water partition coefficient (Wildman–Crippen LogP) is 1.44. The highest BCUT2D eigenvalue weighted by Crippen LogP contribution is 2.27. The van der Waals surface area contributed by atoms with Gasteiger partial charge in [-0.05, 0) is 25.8 Å². The number of nitrogens with zero attached hydrogens (tertiary/aromatic N) is 3. The van der Waals surface area contributed by atoms with Crippen LogP contribution in [0.4, 0.5) is 5.82 Å². The van der Waals surface area contributed by atoms with Gasteiger partial charge in [0, 0.05) is 45.0 Å². The summed E-state index contributed by atoms with van der Waals surface area (Å²) in [6.45, 7) is 3.43. The molecule has 1 aliphatic rings. The molecule has 1 aromatic rings. The van der Waals surface area contributed by atoms with Crippen molar-refractivity contribution in [2.75, 3.05) is 25.2 Å². The first-order valence-electron chi connectivity index (χ1n) is 6.76. The number of ether oxygens (including phenoxy) is 1. The van der Waals surface area contributed by atoms with E-state index in [9.17, 15) is 4.79 Å². The molecule has 0 saturated carbocycles. The van der Waals surface area contributed by atoms with Crippen LogP contribution in [0.25, 0.3) is 6.08 Å². The Morgan fingerprint density at radius 2 is 2.15 bits per heavy atom. The zero-order valence-electron chi connectivity index (χ0n) is 12.2. The van der Waals surface area contributed by atoms with Crippen molar-refractivity contribution in [2.24, 2.45) is 7.05 Å². The molecule has 0 aliphatic carbocycles. The summed E-state index contributed by atoms with van der Waals surface area (Å²) in [5.74, 6) is -0.000164. The third-order valence-electron chi connectivity index (χ3n) is 3.70. The Kier molecular flexibility index (Phi) is 4.44. The van der Waals surface area contributed by atoms with E-state index in [2.05, 4.69) is 10.00 Å². The summed E-state index contributed by atoms with van der Waals surface area (Å²) < 4.78 is 7.20. The number of carbonyl (C=O) groups is 1. The standard InChI is InChI=1S/C14H21N3O3/c1-10-12(4-5-13(18)19)14(17(3)15-10)16(2)11-6-8-20-9-7-11/h4-5,11H,6-9H2,1-3H3,(H,18,19)/b5-4+. The lowest BCUT2D eigenvalue weighted by molar-refractivity contribution is -0.131. The van der Waals surface area contributed by atoms with E-state index in [1.165, 1.54) is 0 Å². The van der Waals surface area contributed by atoms with Crippen LogP contribution >= 0.6 is 0 Å². The normalized spacial score (nSPS) is 16.8. The van der Waals surface area contributed by atoms with E-state index in [1.54, 1.807) is 6.08 Å². The minimum atomic E-state index is -0.951. The van der Waals surface area contributed by atoms with Crippen LogP contribution in [0, 0.1) is 6.92 Å². The van der Waals surface area contributed by atoms with Crippen LogP contribution in [0.1, 0.15) is 24.1 Å². The lowest BCUT2D eigenvalue weighted by atomic mass is 10.1. The van der Waals surface area contributed by atoms with Gasteiger partial charge >= 0.3 is 5.97 Å². The van der Waals surface area contributed by atoms with Gasteiger partial charge in [-0.2, -0.15) is 5.10 Å². The van der Waals surface area contributed by atoms with Crippen molar-refractivity contribution in [3.8, 4) is 0 Å². The van der Waals surface area contributed by atoms with E-state index < -0.39 is 5.97 Å². The van der Waals surface area contributed by atoms with E-state index in [1.807, 2.05) is 25.7 Å². The van der Waals surface area contributed by atoms with Gasteiger partial charge < -0.3 is 14.7 Å². The molecule has 1 aromatic heterocycles. The van der Waals surface area contributed by atoms with E-state index in [0.29, 0.717) is 6.04 Å². The fourth-order valence-electron chi connectivity index (χ4n) is 2.68. The third-order valence-corrected chi connectivity index (χ3v) is 3.70. The number of carboxylic acid groups (broad SMARTS) is 1. The highest BCUT2D eigenvalue weighted by atomic mass is 16.5. The Morgan fingerprint density at radius 3 is 2.75 bits per heavy atom. The molecule has 1 aliphatic heterocycles. The lowest BCUT2D eigenvalue weighted by Crippen LogP contribution is -2.38. The molecule has 1 fully saturated rings. The van der Waals surface area contributed by atoms with Crippen LogP contribution in [0.3, 0.4) is 0 Å². The number of aryl methyl sites for hydroxylation is 2. The molecule has 0 aromatic carbocycles. The van der Waals surface area contributed by atoms with Crippen LogP contribution < -0.4 is 4.90 Å². The van der Waals surface area contributed by atoms with Gasteiger partial charge in [0.1, 0.15) is 5.82 Å². The summed E-state index contributed by atoms with van der Waals surface area (Å²) in [6, 6.07) is 0.399. The Morgan fingerprint density at radius 1 is 1.50 bits per heavy atom. The van der Waals surface area contributed by atoms with Gasteiger partial charge in [0.2, 0.25) is 0 Å². The van der Waals surface area contributed by atoms with Crippen molar-refractivity contribution in [1.29, 1.82) is 0 Å². The third kappa shape index (κ3) is 3.01. The smallest absolute Gasteiger partial charge is 0.328 e. The second kappa shape index (κ2) is 6.09. The minimum Gasteiger partial charge on any atom is -0.478 e. The molecule has 20 heavy (non-hydrogen) atoms. The Hall–Kier alpha value is -1.82. The average molecular weight is 279 g/mol. The first kappa shape index (κ1) is 14.6. The van der Waals surface area contributed by atoms with E-state index in [0.717, 1.165) is 49.2 Å². The molecular weight excluding hydrogens is 258 g/mol. The second-order valence-electron chi connectivity index (χ2n) is 5.07. The second-order valence-corrected chi connectivity index (χ2v) is 5.07. The summed E-state index contributed by atoms with van der Waals surface area (Å²) in [7, 11) is 3.92. The molecule has 1 saturated heterocycles. The maximum atomic E-state index is 10.7. The molecule has 2 rings (SSSR count). The van der Waals surface area contributed by atoms with Gasteiger partial charge in [0.15, 0.2) is 0 Å². The van der Waals surface area contributed by atoms with Gasteiger partial charge in [0.25, 0.3) is 0 Å². The summed E-state index contributed by atoms with van der Waals surface area (Å²) in [4.78, 5) is 12.9. The van der Waals surface area contributed by atoms with Crippen LogP contribution in [-0.4, -0.2) is 47.2 Å². The average Bonchev–Trinajstić information content (AvgIpc) is 2.70. The number of carboxylic acids is 1. The van der Waals surface area contributed by atoms with Crippen LogP contribution in [0.5, 0.6) is 0 Å². The molecule has 0 spiro atoms. The predicted molar refractivity (Wildman–Crippen MR) is 76.9 cm³/mol. The molecule has 0 atom stereocenters. The summed E-state index contributed by atoms with van der Waals surface area (Å²) >= 11 is 0. The number of rotatable bonds is 4. The van der Waals surface area contributed by atoms with Gasteiger partial charge in [-0.25, -0.2) is 4.79 Å². The molecule has 110 valence electrons. The quantitative estimate of drug-likeness (QED) is 0.845. The molecule has 0 unspecified atom stereocenters.